The second kappa shape index (κ2) is 4.71. The zero-order valence-electron chi connectivity index (χ0n) is 10.5. The molecule has 0 aliphatic carbocycles. The summed E-state index contributed by atoms with van der Waals surface area (Å²) in [5.41, 5.74) is 6.46. The molecule has 0 saturated carbocycles. The number of nitrogen functional groups attached to an aromatic ring is 1. The Morgan fingerprint density at radius 2 is 1.95 bits per heavy atom. The first-order chi connectivity index (χ1) is 8.80. The zero-order valence-corrected chi connectivity index (χ0v) is 11.4. The standard InChI is InChI=1S/C11H16N4O3S/c1-14-5-6-15(7-10(14)16)8-3-2-4-9(11(8)12)19(13,17)18/h2-4H,5-7,12H2,1H3,(H2,13,17,18). The van der Waals surface area contributed by atoms with E-state index in [0.717, 1.165) is 0 Å². The van der Waals surface area contributed by atoms with E-state index >= 15 is 0 Å². The van der Waals surface area contributed by atoms with Crippen LogP contribution in [-0.2, 0) is 14.8 Å². The summed E-state index contributed by atoms with van der Waals surface area (Å²) >= 11 is 0. The molecular weight excluding hydrogens is 268 g/mol. The van der Waals surface area contributed by atoms with Crippen molar-refractivity contribution in [3.05, 3.63) is 18.2 Å². The maximum atomic E-state index is 11.7. The number of amides is 1. The summed E-state index contributed by atoms with van der Waals surface area (Å²) < 4.78 is 22.8. The molecule has 104 valence electrons. The van der Waals surface area contributed by atoms with E-state index in [1.54, 1.807) is 29.0 Å². The van der Waals surface area contributed by atoms with Gasteiger partial charge in [0.2, 0.25) is 15.9 Å². The van der Waals surface area contributed by atoms with Crippen LogP contribution in [0.1, 0.15) is 0 Å². The molecule has 1 heterocycles. The number of likely N-dealkylation sites (N-methyl/N-ethyl adjacent to an activating group) is 1. The largest absolute Gasteiger partial charge is 0.396 e. The van der Waals surface area contributed by atoms with Crippen molar-refractivity contribution < 1.29 is 13.2 Å². The van der Waals surface area contributed by atoms with Gasteiger partial charge in [-0.05, 0) is 12.1 Å². The van der Waals surface area contributed by atoms with Crippen molar-refractivity contribution >= 4 is 27.3 Å². The van der Waals surface area contributed by atoms with E-state index < -0.39 is 10.0 Å². The van der Waals surface area contributed by atoms with Gasteiger partial charge in [0.25, 0.3) is 0 Å². The molecule has 1 fully saturated rings. The van der Waals surface area contributed by atoms with Crippen LogP contribution in [0.2, 0.25) is 0 Å². The molecule has 0 bridgehead atoms. The van der Waals surface area contributed by atoms with Crippen LogP contribution in [0.5, 0.6) is 0 Å². The third-order valence-corrected chi connectivity index (χ3v) is 4.12. The molecule has 4 N–H and O–H groups in total. The smallest absolute Gasteiger partial charge is 0.241 e. The normalized spacial score (nSPS) is 16.8. The van der Waals surface area contributed by atoms with Crippen LogP contribution in [0.4, 0.5) is 11.4 Å². The highest BCUT2D eigenvalue weighted by molar-refractivity contribution is 7.89. The van der Waals surface area contributed by atoms with E-state index in [-0.39, 0.29) is 23.0 Å². The van der Waals surface area contributed by atoms with Crippen molar-refractivity contribution in [1.82, 2.24) is 4.90 Å². The number of hydrogen-bond acceptors (Lipinski definition) is 5. The first-order valence-corrected chi connectivity index (χ1v) is 7.25. The molecule has 8 heteroatoms. The zero-order chi connectivity index (χ0) is 14.2. The van der Waals surface area contributed by atoms with Crippen LogP contribution in [0.3, 0.4) is 0 Å². The number of nitrogens with zero attached hydrogens (tertiary/aromatic N) is 2. The van der Waals surface area contributed by atoms with Crippen LogP contribution < -0.4 is 15.8 Å². The molecule has 1 aliphatic heterocycles. The summed E-state index contributed by atoms with van der Waals surface area (Å²) in [6.07, 6.45) is 0. The van der Waals surface area contributed by atoms with Gasteiger partial charge < -0.3 is 15.5 Å². The number of para-hydroxylation sites is 1. The van der Waals surface area contributed by atoms with Crippen LogP contribution in [0, 0.1) is 0 Å². The minimum Gasteiger partial charge on any atom is -0.396 e. The SMILES string of the molecule is CN1CCN(c2cccc(S(N)(=O)=O)c2N)CC1=O. The lowest BCUT2D eigenvalue weighted by Gasteiger charge is -2.34. The molecule has 0 aromatic heterocycles. The fraction of sp³-hybridized carbons (Fsp3) is 0.364. The summed E-state index contributed by atoms with van der Waals surface area (Å²) in [4.78, 5) is 14.9. The summed E-state index contributed by atoms with van der Waals surface area (Å²) in [6.45, 7) is 1.34. The fourth-order valence-electron chi connectivity index (χ4n) is 2.02. The first-order valence-electron chi connectivity index (χ1n) is 5.71. The van der Waals surface area contributed by atoms with E-state index in [2.05, 4.69) is 0 Å². The number of anilines is 2. The second-order valence-electron chi connectivity index (χ2n) is 4.47. The first kappa shape index (κ1) is 13.6. The maximum absolute atomic E-state index is 11.7. The molecule has 1 aromatic carbocycles. The molecule has 2 rings (SSSR count). The third-order valence-electron chi connectivity index (χ3n) is 3.15. The fourth-order valence-corrected chi connectivity index (χ4v) is 2.70. The van der Waals surface area contributed by atoms with Crippen molar-refractivity contribution in [3.8, 4) is 0 Å². The lowest BCUT2D eigenvalue weighted by Crippen LogP contribution is -2.48. The Morgan fingerprint density at radius 3 is 2.53 bits per heavy atom. The predicted molar refractivity (Wildman–Crippen MR) is 72.1 cm³/mol. The average Bonchev–Trinajstić information content (AvgIpc) is 2.32. The molecule has 1 aromatic rings. The monoisotopic (exact) mass is 284 g/mol. The molecule has 0 atom stereocenters. The van der Waals surface area contributed by atoms with Crippen LogP contribution in [0.15, 0.2) is 23.1 Å². The van der Waals surface area contributed by atoms with E-state index in [1.807, 2.05) is 0 Å². The van der Waals surface area contributed by atoms with E-state index in [1.165, 1.54) is 6.07 Å². The Morgan fingerprint density at radius 1 is 1.26 bits per heavy atom. The minimum absolute atomic E-state index is 0.0355. The number of hydrogen-bond donors (Lipinski definition) is 2. The summed E-state index contributed by atoms with van der Waals surface area (Å²) in [5.74, 6) is -0.0355. The minimum atomic E-state index is -3.87. The van der Waals surface area contributed by atoms with Gasteiger partial charge in [-0.15, -0.1) is 0 Å². The molecule has 1 amide bonds. The second-order valence-corrected chi connectivity index (χ2v) is 6.00. The number of sulfonamides is 1. The molecule has 1 saturated heterocycles. The van der Waals surface area contributed by atoms with E-state index in [4.69, 9.17) is 10.9 Å². The van der Waals surface area contributed by atoms with Crippen LogP contribution >= 0.6 is 0 Å². The van der Waals surface area contributed by atoms with Gasteiger partial charge in [0.15, 0.2) is 0 Å². The van der Waals surface area contributed by atoms with Gasteiger partial charge in [0.05, 0.1) is 17.9 Å². The molecule has 0 radical (unpaired) electrons. The molecule has 7 nitrogen and oxygen atoms in total. The molecule has 1 aliphatic rings. The quantitative estimate of drug-likeness (QED) is 0.691. The average molecular weight is 284 g/mol. The number of nitrogens with two attached hydrogens (primary N) is 2. The van der Waals surface area contributed by atoms with E-state index in [9.17, 15) is 13.2 Å². The Hall–Kier alpha value is -1.80. The van der Waals surface area contributed by atoms with Crippen LogP contribution in [-0.4, -0.2) is 45.9 Å². The Kier molecular flexibility index (Phi) is 3.38. The van der Waals surface area contributed by atoms with Gasteiger partial charge in [-0.1, -0.05) is 6.07 Å². The Balaban J connectivity index is 2.39. The lowest BCUT2D eigenvalue weighted by molar-refractivity contribution is -0.129. The van der Waals surface area contributed by atoms with Gasteiger partial charge in [0.1, 0.15) is 4.90 Å². The van der Waals surface area contributed by atoms with Crippen molar-refractivity contribution in [2.24, 2.45) is 5.14 Å². The molecular formula is C11H16N4O3S. The highest BCUT2D eigenvalue weighted by atomic mass is 32.2. The number of rotatable bonds is 2. The molecule has 0 unspecified atom stereocenters. The van der Waals surface area contributed by atoms with Gasteiger partial charge in [0, 0.05) is 20.1 Å². The Bertz CT molecular complexity index is 614. The highest BCUT2D eigenvalue weighted by Gasteiger charge is 2.24. The van der Waals surface area contributed by atoms with Crippen LogP contribution in [0.25, 0.3) is 0 Å². The number of carbonyl (C=O) groups is 1. The number of benzene rings is 1. The highest BCUT2D eigenvalue weighted by Crippen LogP contribution is 2.29. The Labute approximate surface area is 111 Å². The van der Waals surface area contributed by atoms with Gasteiger partial charge in [-0.25, -0.2) is 13.6 Å². The van der Waals surface area contributed by atoms with Crippen molar-refractivity contribution in [2.75, 3.05) is 37.3 Å². The summed E-state index contributed by atoms with van der Waals surface area (Å²) in [7, 11) is -2.14. The van der Waals surface area contributed by atoms with Crippen molar-refractivity contribution in [1.29, 1.82) is 0 Å². The predicted octanol–water partition coefficient (Wildman–Crippen LogP) is -0.805. The molecule has 19 heavy (non-hydrogen) atoms. The van der Waals surface area contributed by atoms with Crippen molar-refractivity contribution in [3.63, 3.8) is 0 Å². The number of primary sulfonamides is 1. The summed E-state index contributed by atoms with van der Waals surface area (Å²) in [6, 6.07) is 4.60. The topological polar surface area (TPSA) is 110 Å². The molecule has 0 spiro atoms. The third kappa shape index (κ3) is 2.64. The van der Waals surface area contributed by atoms with Gasteiger partial charge >= 0.3 is 0 Å². The van der Waals surface area contributed by atoms with Crippen molar-refractivity contribution in [2.45, 2.75) is 4.90 Å². The number of piperazine rings is 1. The van der Waals surface area contributed by atoms with E-state index in [0.29, 0.717) is 18.8 Å². The summed E-state index contributed by atoms with van der Waals surface area (Å²) in [5, 5.41) is 5.10. The lowest BCUT2D eigenvalue weighted by atomic mass is 10.2. The maximum Gasteiger partial charge on any atom is 0.241 e. The van der Waals surface area contributed by atoms with Gasteiger partial charge in [-0.3, -0.25) is 4.79 Å². The number of carbonyl (C=O) groups excluding carboxylic acids is 1. The van der Waals surface area contributed by atoms with Gasteiger partial charge in [-0.2, -0.15) is 0 Å².